The largest absolute Gasteiger partial charge is 0.421 e. The summed E-state index contributed by atoms with van der Waals surface area (Å²) in [6.45, 7) is 9.99. The minimum atomic E-state index is 0.595. The first kappa shape index (κ1) is 15.4. The number of nitrogens with zero attached hydrogens (tertiary/aromatic N) is 2. The van der Waals surface area contributed by atoms with Crippen molar-refractivity contribution in [2.45, 2.75) is 41.0 Å². The lowest BCUT2D eigenvalue weighted by Gasteiger charge is -1.91. The van der Waals surface area contributed by atoms with Crippen molar-refractivity contribution in [1.82, 2.24) is 10.2 Å². The molecule has 0 aliphatic rings. The van der Waals surface area contributed by atoms with Gasteiger partial charge in [-0.15, -0.1) is 10.2 Å². The van der Waals surface area contributed by atoms with E-state index < -0.39 is 0 Å². The molecule has 94 valence electrons. The van der Waals surface area contributed by atoms with E-state index in [0.717, 1.165) is 12.0 Å². The Kier molecular flexibility index (Phi) is 8.65. The number of hydrogen-bond acceptors (Lipinski definition) is 3. The summed E-state index contributed by atoms with van der Waals surface area (Å²) in [6, 6.07) is 9.76. The van der Waals surface area contributed by atoms with Crippen molar-refractivity contribution in [3.8, 4) is 11.5 Å². The second-order valence-corrected chi connectivity index (χ2v) is 2.72. The summed E-state index contributed by atoms with van der Waals surface area (Å²) < 4.78 is 5.40. The van der Waals surface area contributed by atoms with Gasteiger partial charge in [-0.05, 0) is 12.1 Å². The van der Waals surface area contributed by atoms with Gasteiger partial charge in [0.05, 0.1) is 0 Å². The molecule has 0 saturated carbocycles. The van der Waals surface area contributed by atoms with Crippen molar-refractivity contribution < 1.29 is 4.42 Å². The number of hydrogen-bond donors (Lipinski definition) is 0. The molecule has 0 N–H and O–H groups in total. The van der Waals surface area contributed by atoms with Crippen LogP contribution in [0.4, 0.5) is 0 Å². The van der Waals surface area contributed by atoms with Crippen LogP contribution in [0.1, 0.15) is 40.5 Å². The van der Waals surface area contributed by atoms with Crippen LogP contribution in [0.15, 0.2) is 34.7 Å². The fraction of sp³-hybridized carbons (Fsp3) is 0.429. The van der Waals surface area contributed by atoms with E-state index in [0.29, 0.717) is 11.8 Å². The lowest BCUT2D eigenvalue weighted by Crippen LogP contribution is -1.76. The molecule has 0 saturated heterocycles. The monoisotopic (exact) mass is 234 g/mol. The van der Waals surface area contributed by atoms with E-state index >= 15 is 0 Å². The first-order valence-corrected chi connectivity index (χ1v) is 6.28. The van der Waals surface area contributed by atoms with Gasteiger partial charge in [0.2, 0.25) is 11.8 Å². The molecule has 3 nitrogen and oxygen atoms in total. The van der Waals surface area contributed by atoms with E-state index in [1.54, 1.807) is 0 Å². The van der Waals surface area contributed by atoms with Crippen molar-refractivity contribution >= 4 is 0 Å². The quantitative estimate of drug-likeness (QED) is 0.775. The molecule has 0 bridgehead atoms. The van der Waals surface area contributed by atoms with Crippen LogP contribution >= 0.6 is 0 Å². The first-order chi connectivity index (χ1) is 8.40. The minimum Gasteiger partial charge on any atom is -0.421 e. The van der Waals surface area contributed by atoms with Gasteiger partial charge < -0.3 is 4.42 Å². The minimum absolute atomic E-state index is 0.595. The van der Waals surface area contributed by atoms with Crippen LogP contribution < -0.4 is 0 Å². The predicted molar refractivity (Wildman–Crippen MR) is 71.8 cm³/mol. The molecule has 0 aliphatic carbocycles. The molecule has 0 aliphatic heterocycles. The lowest BCUT2D eigenvalue weighted by atomic mass is 10.2. The molecule has 0 atom stereocenters. The van der Waals surface area contributed by atoms with E-state index in [-0.39, 0.29) is 0 Å². The molecule has 1 heterocycles. The van der Waals surface area contributed by atoms with Gasteiger partial charge in [0.25, 0.3) is 0 Å². The highest BCUT2D eigenvalue weighted by Gasteiger charge is 2.05. The van der Waals surface area contributed by atoms with E-state index in [9.17, 15) is 0 Å². The second-order valence-electron chi connectivity index (χ2n) is 2.72. The SMILES string of the molecule is CC.CC.CCc1nnc(-c2ccccc2)o1. The van der Waals surface area contributed by atoms with Gasteiger partial charge in [-0.25, -0.2) is 0 Å². The molecule has 0 amide bonds. The normalized spacial score (nSPS) is 8.53. The Balaban J connectivity index is 0.000000581. The summed E-state index contributed by atoms with van der Waals surface area (Å²) in [7, 11) is 0. The van der Waals surface area contributed by atoms with Crippen molar-refractivity contribution in [3.63, 3.8) is 0 Å². The summed E-state index contributed by atoms with van der Waals surface area (Å²) >= 11 is 0. The van der Waals surface area contributed by atoms with Gasteiger partial charge in [-0.3, -0.25) is 0 Å². The maximum absolute atomic E-state index is 5.40. The average Bonchev–Trinajstić information content (AvgIpc) is 2.93. The van der Waals surface area contributed by atoms with Gasteiger partial charge in [0.15, 0.2) is 0 Å². The van der Waals surface area contributed by atoms with Crippen LogP contribution in [0, 0.1) is 0 Å². The molecule has 2 aromatic rings. The second kappa shape index (κ2) is 9.58. The third kappa shape index (κ3) is 4.81. The Morgan fingerprint density at radius 2 is 1.53 bits per heavy atom. The Bertz CT molecular complexity index is 382. The molecule has 0 spiro atoms. The highest BCUT2D eigenvalue weighted by atomic mass is 16.4. The lowest BCUT2D eigenvalue weighted by molar-refractivity contribution is 0.513. The van der Waals surface area contributed by atoms with Gasteiger partial charge >= 0.3 is 0 Å². The summed E-state index contributed by atoms with van der Waals surface area (Å²) in [4.78, 5) is 0. The third-order valence-electron chi connectivity index (χ3n) is 1.79. The molecule has 2 rings (SSSR count). The molecule has 0 radical (unpaired) electrons. The smallest absolute Gasteiger partial charge is 0.247 e. The standard InChI is InChI=1S/C10H10N2O.2C2H6/c1-2-9-11-12-10(13-9)8-6-4-3-5-7-8;2*1-2/h3-7H,2H2,1H3;2*1-2H3. The van der Waals surface area contributed by atoms with Gasteiger partial charge in [-0.2, -0.15) is 0 Å². The van der Waals surface area contributed by atoms with E-state index in [1.165, 1.54) is 0 Å². The Morgan fingerprint density at radius 3 is 2.00 bits per heavy atom. The van der Waals surface area contributed by atoms with Crippen LogP contribution in [0.3, 0.4) is 0 Å². The van der Waals surface area contributed by atoms with Crippen LogP contribution in [0.5, 0.6) is 0 Å². The van der Waals surface area contributed by atoms with Crippen LogP contribution in [-0.4, -0.2) is 10.2 Å². The maximum atomic E-state index is 5.40. The number of aromatic nitrogens is 2. The summed E-state index contributed by atoms with van der Waals surface area (Å²) in [5, 5.41) is 7.83. The summed E-state index contributed by atoms with van der Waals surface area (Å²) in [5.74, 6) is 1.27. The van der Waals surface area contributed by atoms with E-state index in [2.05, 4.69) is 10.2 Å². The van der Waals surface area contributed by atoms with Crippen molar-refractivity contribution in [2.75, 3.05) is 0 Å². The summed E-state index contributed by atoms with van der Waals surface area (Å²) in [6.07, 6.45) is 0.778. The molecule has 1 aromatic heterocycles. The van der Waals surface area contributed by atoms with Gasteiger partial charge in [0, 0.05) is 12.0 Å². The first-order valence-electron chi connectivity index (χ1n) is 6.28. The highest BCUT2D eigenvalue weighted by molar-refractivity contribution is 5.51. The summed E-state index contributed by atoms with van der Waals surface area (Å²) in [5.41, 5.74) is 0.967. The highest BCUT2D eigenvalue weighted by Crippen LogP contribution is 2.16. The van der Waals surface area contributed by atoms with Gasteiger partial charge in [-0.1, -0.05) is 52.8 Å². The van der Waals surface area contributed by atoms with Crippen molar-refractivity contribution in [1.29, 1.82) is 0 Å². The third-order valence-corrected chi connectivity index (χ3v) is 1.79. The van der Waals surface area contributed by atoms with Crippen LogP contribution in [-0.2, 0) is 6.42 Å². The Hall–Kier alpha value is -1.64. The Labute approximate surface area is 104 Å². The van der Waals surface area contributed by atoms with Crippen molar-refractivity contribution in [3.05, 3.63) is 36.2 Å². The Morgan fingerprint density at radius 1 is 0.941 bits per heavy atom. The maximum Gasteiger partial charge on any atom is 0.247 e. The molecule has 3 heteroatoms. The van der Waals surface area contributed by atoms with Crippen LogP contribution in [0.25, 0.3) is 11.5 Å². The molecular formula is C14H22N2O. The molecule has 0 unspecified atom stereocenters. The zero-order chi connectivity index (χ0) is 13.1. The topological polar surface area (TPSA) is 38.9 Å². The number of benzene rings is 1. The van der Waals surface area contributed by atoms with E-state index in [1.807, 2.05) is 65.0 Å². The zero-order valence-electron chi connectivity index (χ0n) is 11.4. The number of rotatable bonds is 2. The fourth-order valence-electron chi connectivity index (χ4n) is 1.09. The van der Waals surface area contributed by atoms with Crippen molar-refractivity contribution in [2.24, 2.45) is 0 Å². The molecular weight excluding hydrogens is 212 g/mol. The zero-order valence-corrected chi connectivity index (χ0v) is 11.4. The fourth-order valence-corrected chi connectivity index (χ4v) is 1.09. The molecule has 17 heavy (non-hydrogen) atoms. The average molecular weight is 234 g/mol. The van der Waals surface area contributed by atoms with Gasteiger partial charge in [0.1, 0.15) is 0 Å². The molecule has 1 aromatic carbocycles. The molecule has 0 fully saturated rings. The number of aryl methyl sites for hydroxylation is 1. The van der Waals surface area contributed by atoms with Crippen LogP contribution in [0.2, 0.25) is 0 Å². The predicted octanol–water partition coefficient (Wildman–Crippen LogP) is 4.35. The van der Waals surface area contributed by atoms with E-state index in [4.69, 9.17) is 4.42 Å².